The minimum atomic E-state index is -0.366. The van der Waals surface area contributed by atoms with Crippen LogP contribution in [0.2, 0.25) is 0 Å². The SMILES string of the molecule is [CH]c1ccccc1NC(C)(C)C#C. The Kier molecular flexibility index (Phi) is 2.63. The maximum absolute atomic E-state index is 5.75. The van der Waals surface area contributed by atoms with E-state index in [9.17, 15) is 0 Å². The lowest BCUT2D eigenvalue weighted by atomic mass is 10.1. The zero-order chi connectivity index (χ0) is 9.90. The minimum absolute atomic E-state index is 0.366. The molecule has 0 heterocycles. The lowest BCUT2D eigenvalue weighted by Gasteiger charge is -2.22. The summed E-state index contributed by atoms with van der Waals surface area (Å²) in [7, 11) is 0. The molecule has 1 rings (SSSR count). The number of hydrogen-bond acceptors (Lipinski definition) is 1. The van der Waals surface area contributed by atoms with Crippen molar-refractivity contribution in [2.45, 2.75) is 19.4 Å². The molecule has 0 saturated carbocycles. The van der Waals surface area contributed by atoms with Gasteiger partial charge in [0.15, 0.2) is 0 Å². The molecule has 1 heteroatoms. The van der Waals surface area contributed by atoms with E-state index in [1.54, 1.807) is 0 Å². The van der Waals surface area contributed by atoms with Crippen LogP contribution in [-0.4, -0.2) is 5.54 Å². The third-order valence-corrected chi connectivity index (χ3v) is 1.77. The summed E-state index contributed by atoms with van der Waals surface area (Å²) in [5.74, 6) is 2.65. The molecule has 13 heavy (non-hydrogen) atoms. The predicted octanol–water partition coefficient (Wildman–Crippen LogP) is 2.57. The second-order valence-corrected chi connectivity index (χ2v) is 3.48. The van der Waals surface area contributed by atoms with Gasteiger partial charge in [-0.05, 0) is 25.5 Å². The van der Waals surface area contributed by atoms with Crippen molar-refractivity contribution in [2.24, 2.45) is 0 Å². The lowest BCUT2D eigenvalue weighted by Crippen LogP contribution is -2.28. The number of anilines is 1. The van der Waals surface area contributed by atoms with E-state index in [0.717, 1.165) is 5.69 Å². The summed E-state index contributed by atoms with van der Waals surface area (Å²) < 4.78 is 0. The third-order valence-electron chi connectivity index (χ3n) is 1.77. The Balaban J connectivity index is 2.88. The molecule has 1 N–H and O–H groups in total. The molecule has 66 valence electrons. The molecule has 0 aliphatic rings. The van der Waals surface area contributed by atoms with E-state index in [1.807, 2.05) is 38.1 Å². The topological polar surface area (TPSA) is 12.0 Å². The van der Waals surface area contributed by atoms with Crippen LogP contribution in [0.25, 0.3) is 0 Å². The molecule has 0 saturated heterocycles. The van der Waals surface area contributed by atoms with E-state index in [-0.39, 0.29) is 5.54 Å². The van der Waals surface area contributed by atoms with Gasteiger partial charge in [0.25, 0.3) is 0 Å². The van der Waals surface area contributed by atoms with Gasteiger partial charge in [-0.15, -0.1) is 6.42 Å². The van der Waals surface area contributed by atoms with Crippen molar-refractivity contribution in [2.75, 3.05) is 5.32 Å². The van der Waals surface area contributed by atoms with Crippen molar-refractivity contribution in [3.8, 4) is 12.3 Å². The highest BCUT2D eigenvalue weighted by Crippen LogP contribution is 2.18. The van der Waals surface area contributed by atoms with Gasteiger partial charge in [0, 0.05) is 12.6 Å². The van der Waals surface area contributed by atoms with Crippen LogP contribution in [0.4, 0.5) is 5.69 Å². The second kappa shape index (κ2) is 3.53. The van der Waals surface area contributed by atoms with Crippen molar-refractivity contribution < 1.29 is 0 Å². The Hall–Kier alpha value is -1.42. The monoisotopic (exact) mass is 171 g/mol. The number of nitrogens with one attached hydrogen (secondary N) is 1. The number of benzene rings is 1. The smallest absolute Gasteiger partial charge is 0.0927 e. The molecule has 1 nitrogen and oxygen atoms in total. The van der Waals surface area contributed by atoms with Crippen LogP contribution in [0, 0.1) is 19.3 Å². The minimum Gasteiger partial charge on any atom is -0.369 e. The summed E-state index contributed by atoms with van der Waals surface area (Å²) in [5.41, 5.74) is 1.23. The number of para-hydroxylation sites is 1. The van der Waals surface area contributed by atoms with Crippen molar-refractivity contribution in [1.29, 1.82) is 0 Å². The van der Waals surface area contributed by atoms with Gasteiger partial charge in [0.2, 0.25) is 0 Å². The van der Waals surface area contributed by atoms with Crippen LogP contribution in [0.1, 0.15) is 19.4 Å². The Morgan fingerprint density at radius 3 is 2.46 bits per heavy atom. The first-order valence-electron chi connectivity index (χ1n) is 4.15. The summed E-state index contributed by atoms with van der Waals surface area (Å²) in [6.07, 6.45) is 5.35. The van der Waals surface area contributed by atoms with E-state index in [0.29, 0.717) is 5.56 Å². The maximum atomic E-state index is 5.75. The van der Waals surface area contributed by atoms with Gasteiger partial charge in [-0.2, -0.15) is 0 Å². The van der Waals surface area contributed by atoms with E-state index < -0.39 is 0 Å². The third kappa shape index (κ3) is 2.52. The van der Waals surface area contributed by atoms with Crippen LogP contribution in [-0.2, 0) is 0 Å². The molecule has 0 bridgehead atoms. The molecular weight excluding hydrogens is 158 g/mol. The Morgan fingerprint density at radius 1 is 1.31 bits per heavy atom. The summed E-state index contributed by atoms with van der Waals surface area (Å²) in [6, 6.07) is 7.57. The molecule has 1 aromatic rings. The summed E-state index contributed by atoms with van der Waals surface area (Å²) in [5, 5.41) is 3.18. The molecule has 0 aliphatic carbocycles. The van der Waals surface area contributed by atoms with Gasteiger partial charge in [0.05, 0.1) is 5.54 Å². The molecule has 2 radical (unpaired) electrons. The van der Waals surface area contributed by atoms with Gasteiger partial charge in [-0.25, -0.2) is 0 Å². The lowest BCUT2D eigenvalue weighted by molar-refractivity contribution is 0.741. The highest BCUT2D eigenvalue weighted by Gasteiger charge is 2.13. The number of rotatable bonds is 2. The van der Waals surface area contributed by atoms with E-state index in [1.165, 1.54) is 0 Å². The van der Waals surface area contributed by atoms with Gasteiger partial charge in [0.1, 0.15) is 0 Å². The van der Waals surface area contributed by atoms with Gasteiger partial charge in [-0.3, -0.25) is 0 Å². The molecule has 0 aliphatic heterocycles. The fourth-order valence-electron chi connectivity index (χ4n) is 0.984. The van der Waals surface area contributed by atoms with Crippen molar-refractivity contribution in [3.05, 3.63) is 36.8 Å². The van der Waals surface area contributed by atoms with Crippen LogP contribution in [0.5, 0.6) is 0 Å². The van der Waals surface area contributed by atoms with Gasteiger partial charge < -0.3 is 5.32 Å². The largest absolute Gasteiger partial charge is 0.369 e. The van der Waals surface area contributed by atoms with Crippen LogP contribution in [0.3, 0.4) is 0 Å². The standard InChI is InChI=1S/C12H13N/c1-5-12(3,4)13-11-9-7-6-8-10(11)2/h1-2,6-9,13H,3-4H3. The van der Waals surface area contributed by atoms with Crippen molar-refractivity contribution >= 4 is 5.69 Å². The number of terminal acetylenes is 1. The zero-order valence-corrected chi connectivity index (χ0v) is 7.96. The van der Waals surface area contributed by atoms with Crippen molar-refractivity contribution in [3.63, 3.8) is 0 Å². The average Bonchev–Trinajstić information content (AvgIpc) is 2.09. The molecule has 0 spiro atoms. The first kappa shape index (κ1) is 9.67. The van der Waals surface area contributed by atoms with Crippen molar-refractivity contribution in [1.82, 2.24) is 0 Å². The maximum Gasteiger partial charge on any atom is 0.0927 e. The normalized spacial score (nSPS) is 10.6. The Bertz CT molecular complexity index is 331. The van der Waals surface area contributed by atoms with Crippen LogP contribution >= 0.6 is 0 Å². The van der Waals surface area contributed by atoms with Gasteiger partial charge >= 0.3 is 0 Å². The van der Waals surface area contributed by atoms with Crippen LogP contribution in [0.15, 0.2) is 24.3 Å². The predicted molar refractivity (Wildman–Crippen MR) is 56.4 cm³/mol. The Morgan fingerprint density at radius 2 is 1.92 bits per heavy atom. The molecule has 0 amide bonds. The van der Waals surface area contributed by atoms with E-state index in [2.05, 4.69) is 11.2 Å². The molecule has 0 atom stereocenters. The summed E-state index contributed by atoms with van der Waals surface area (Å²) >= 11 is 0. The molecule has 0 aromatic heterocycles. The summed E-state index contributed by atoms with van der Waals surface area (Å²) in [6.45, 7) is 9.61. The highest BCUT2D eigenvalue weighted by molar-refractivity contribution is 5.55. The second-order valence-electron chi connectivity index (χ2n) is 3.48. The van der Waals surface area contributed by atoms with E-state index >= 15 is 0 Å². The average molecular weight is 171 g/mol. The zero-order valence-electron chi connectivity index (χ0n) is 7.96. The van der Waals surface area contributed by atoms with Gasteiger partial charge in [-0.1, -0.05) is 24.1 Å². The molecular formula is C12H13N. The van der Waals surface area contributed by atoms with E-state index in [4.69, 9.17) is 13.3 Å². The molecule has 1 aromatic carbocycles. The highest BCUT2D eigenvalue weighted by atomic mass is 15.0. The first-order chi connectivity index (χ1) is 6.05. The number of hydrogen-bond donors (Lipinski definition) is 1. The van der Waals surface area contributed by atoms with Crippen LogP contribution < -0.4 is 5.32 Å². The first-order valence-corrected chi connectivity index (χ1v) is 4.15. The fraction of sp³-hybridized carbons (Fsp3) is 0.250. The molecule has 0 fully saturated rings. The summed E-state index contributed by atoms with van der Waals surface area (Å²) in [4.78, 5) is 0. The fourth-order valence-corrected chi connectivity index (χ4v) is 0.984. The Labute approximate surface area is 80.2 Å². The molecule has 0 unspecified atom stereocenters. The quantitative estimate of drug-likeness (QED) is 0.674.